The molecule has 0 spiro atoms. The fourth-order valence-electron chi connectivity index (χ4n) is 2.92. The molecule has 10 nitrogen and oxygen atoms in total. The number of carbonyl (C=O) groups excluding carboxylic acids is 2. The second kappa shape index (κ2) is 11.7. The standard InChI is InChI=1S/C22H22Cl2N4O6S/c1-3-33-11-19(29)26-21-15-9-13(35(31,32)14-5-7-16(23)17(24)10-14)6-8-18(15)25-22(28-21)27-20(30)12-34-4-2/h5-10H,3-4,11-12H2,1-2H3,(H2,25,26,27,28,29,30). The van der Waals surface area contributed by atoms with Crippen molar-refractivity contribution < 1.29 is 27.5 Å². The number of aromatic nitrogens is 2. The Morgan fingerprint density at radius 2 is 1.46 bits per heavy atom. The number of nitrogens with one attached hydrogen (secondary N) is 2. The summed E-state index contributed by atoms with van der Waals surface area (Å²) in [6.45, 7) is 3.71. The average Bonchev–Trinajstić information content (AvgIpc) is 2.82. The Kier molecular flexibility index (Phi) is 8.98. The van der Waals surface area contributed by atoms with Gasteiger partial charge in [-0.15, -0.1) is 0 Å². The molecule has 3 rings (SSSR count). The van der Waals surface area contributed by atoms with Crippen LogP contribution in [0.2, 0.25) is 10.0 Å². The number of carbonyl (C=O) groups is 2. The van der Waals surface area contributed by atoms with Crippen molar-refractivity contribution in [3.05, 3.63) is 46.4 Å². The first-order valence-electron chi connectivity index (χ1n) is 10.4. The van der Waals surface area contributed by atoms with Gasteiger partial charge in [0.1, 0.15) is 19.0 Å². The van der Waals surface area contributed by atoms with Gasteiger partial charge in [0.05, 0.1) is 25.4 Å². The number of nitrogens with zero attached hydrogens (tertiary/aromatic N) is 2. The van der Waals surface area contributed by atoms with Gasteiger partial charge < -0.3 is 14.8 Å². The molecule has 2 aromatic carbocycles. The fourth-order valence-corrected chi connectivity index (χ4v) is 4.60. The lowest BCUT2D eigenvalue weighted by Crippen LogP contribution is -2.22. The van der Waals surface area contributed by atoms with Crippen LogP contribution in [0.5, 0.6) is 0 Å². The molecule has 0 bridgehead atoms. The van der Waals surface area contributed by atoms with Crippen LogP contribution in [0.25, 0.3) is 10.9 Å². The minimum Gasteiger partial charge on any atom is -0.372 e. The molecule has 2 N–H and O–H groups in total. The molecular formula is C22H22Cl2N4O6S. The van der Waals surface area contributed by atoms with Gasteiger partial charge in [-0.05, 0) is 50.2 Å². The molecule has 0 aliphatic rings. The molecule has 0 fully saturated rings. The number of ether oxygens (including phenoxy) is 2. The zero-order valence-electron chi connectivity index (χ0n) is 18.8. The van der Waals surface area contributed by atoms with Gasteiger partial charge in [0, 0.05) is 18.6 Å². The third-order valence-corrected chi connectivity index (χ3v) is 7.05. The molecule has 0 unspecified atom stereocenters. The fraction of sp³-hybridized carbons (Fsp3) is 0.273. The maximum atomic E-state index is 13.2. The molecule has 3 aromatic rings. The summed E-state index contributed by atoms with van der Waals surface area (Å²) in [5.74, 6) is -1.10. The lowest BCUT2D eigenvalue weighted by Gasteiger charge is -2.12. The van der Waals surface area contributed by atoms with Crippen molar-refractivity contribution >= 4 is 67.5 Å². The van der Waals surface area contributed by atoms with Gasteiger partial charge in [0.2, 0.25) is 15.8 Å². The first kappa shape index (κ1) is 26.8. The molecule has 13 heteroatoms. The van der Waals surface area contributed by atoms with Crippen molar-refractivity contribution in [2.75, 3.05) is 37.1 Å². The summed E-state index contributed by atoms with van der Waals surface area (Å²) in [5.41, 5.74) is 0.284. The molecule has 35 heavy (non-hydrogen) atoms. The van der Waals surface area contributed by atoms with E-state index in [0.717, 1.165) is 0 Å². The predicted octanol–water partition coefficient (Wildman–Crippen LogP) is 3.72. The van der Waals surface area contributed by atoms with E-state index in [-0.39, 0.29) is 55.7 Å². The molecule has 2 amide bonds. The van der Waals surface area contributed by atoms with Crippen LogP contribution >= 0.6 is 23.2 Å². The Bertz CT molecular complexity index is 1370. The van der Waals surface area contributed by atoms with Crippen LogP contribution in [0.15, 0.2) is 46.2 Å². The van der Waals surface area contributed by atoms with E-state index in [1.54, 1.807) is 13.8 Å². The third kappa shape index (κ3) is 6.65. The number of anilines is 2. The van der Waals surface area contributed by atoms with E-state index in [4.69, 9.17) is 32.7 Å². The molecular weight excluding hydrogens is 519 g/mol. The summed E-state index contributed by atoms with van der Waals surface area (Å²) >= 11 is 11.9. The number of hydrogen-bond donors (Lipinski definition) is 2. The van der Waals surface area contributed by atoms with Crippen molar-refractivity contribution in [2.24, 2.45) is 0 Å². The third-order valence-electron chi connectivity index (χ3n) is 4.56. The molecule has 0 aliphatic carbocycles. The Morgan fingerprint density at radius 3 is 2.09 bits per heavy atom. The summed E-state index contributed by atoms with van der Waals surface area (Å²) < 4.78 is 36.6. The first-order valence-corrected chi connectivity index (χ1v) is 12.7. The normalized spacial score (nSPS) is 11.4. The van der Waals surface area contributed by atoms with Gasteiger partial charge in [0.15, 0.2) is 0 Å². The van der Waals surface area contributed by atoms with Crippen LogP contribution in [-0.4, -0.2) is 56.6 Å². The maximum Gasteiger partial charge on any atom is 0.252 e. The van der Waals surface area contributed by atoms with Crippen LogP contribution in [0.4, 0.5) is 11.8 Å². The van der Waals surface area contributed by atoms with E-state index in [1.165, 1.54) is 36.4 Å². The number of fused-ring (bicyclic) bond motifs is 1. The summed E-state index contributed by atoms with van der Waals surface area (Å²) in [7, 11) is -3.99. The number of amides is 2. The summed E-state index contributed by atoms with van der Waals surface area (Å²) in [6, 6.07) is 8.10. The van der Waals surface area contributed by atoms with Crippen molar-refractivity contribution in [3.63, 3.8) is 0 Å². The number of rotatable bonds is 10. The Labute approximate surface area is 211 Å². The quantitative estimate of drug-likeness (QED) is 0.396. The van der Waals surface area contributed by atoms with E-state index >= 15 is 0 Å². The predicted molar refractivity (Wildman–Crippen MR) is 132 cm³/mol. The van der Waals surface area contributed by atoms with Crippen LogP contribution < -0.4 is 10.6 Å². The van der Waals surface area contributed by atoms with Crippen LogP contribution in [0.3, 0.4) is 0 Å². The maximum absolute atomic E-state index is 13.2. The minimum absolute atomic E-state index is 0.00222. The smallest absolute Gasteiger partial charge is 0.252 e. The molecule has 0 aliphatic heterocycles. The topological polar surface area (TPSA) is 137 Å². The largest absolute Gasteiger partial charge is 0.372 e. The van der Waals surface area contributed by atoms with Crippen molar-refractivity contribution in [1.82, 2.24) is 9.97 Å². The minimum atomic E-state index is -3.99. The highest BCUT2D eigenvalue weighted by molar-refractivity contribution is 7.91. The number of benzene rings is 2. The van der Waals surface area contributed by atoms with Crippen molar-refractivity contribution in [2.45, 2.75) is 23.6 Å². The van der Waals surface area contributed by atoms with E-state index in [9.17, 15) is 18.0 Å². The molecule has 1 aromatic heterocycles. The van der Waals surface area contributed by atoms with Gasteiger partial charge in [-0.3, -0.25) is 14.9 Å². The van der Waals surface area contributed by atoms with Gasteiger partial charge in [-0.1, -0.05) is 23.2 Å². The zero-order valence-corrected chi connectivity index (χ0v) is 21.1. The van der Waals surface area contributed by atoms with Gasteiger partial charge in [-0.25, -0.2) is 13.4 Å². The summed E-state index contributed by atoms with van der Waals surface area (Å²) in [6.07, 6.45) is 0. The monoisotopic (exact) mass is 540 g/mol. The lowest BCUT2D eigenvalue weighted by atomic mass is 10.2. The Balaban J connectivity index is 2.06. The molecule has 0 saturated heterocycles. The van der Waals surface area contributed by atoms with E-state index in [2.05, 4.69) is 20.6 Å². The van der Waals surface area contributed by atoms with E-state index < -0.39 is 21.7 Å². The van der Waals surface area contributed by atoms with E-state index in [0.29, 0.717) is 13.2 Å². The molecule has 186 valence electrons. The summed E-state index contributed by atoms with van der Waals surface area (Å²) in [4.78, 5) is 32.7. The highest BCUT2D eigenvalue weighted by Crippen LogP contribution is 2.31. The average molecular weight is 541 g/mol. The Morgan fingerprint density at radius 1 is 0.857 bits per heavy atom. The number of sulfone groups is 1. The SMILES string of the molecule is CCOCC(=O)Nc1nc(NC(=O)COCC)c2cc(S(=O)(=O)c3ccc(Cl)c(Cl)c3)ccc2n1. The molecule has 1 heterocycles. The highest BCUT2D eigenvalue weighted by atomic mass is 35.5. The Hall–Kier alpha value is -2.83. The van der Waals surface area contributed by atoms with Crippen LogP contribution in [0, 0.1) is 0 Å². The zero-order chi connectivity index (χ0) is 25.6. The molecule has 0 radical (unpaired) electrons. The van der Waals surface area contributed by atoms with E-state index in [1.807, 2.05) is 0 Å². The molecule has 0 saturated carbocycles. The van der Waals surface area contributed by atoms with Gasteiger partial charge in [-0.2, -0.15) is 4.98 Å². The van der Waals surface area contributed by atoms with Crippen LogP contribution in [0.1, 0.15) is 13.8 Å². The van der Waals surface area contributed by atoms with Gasteiger partial charge >= 0.3 is 0 Å². The molecule has 0 atom stereocenters. The summed E-state index contributed by atoms with van der Waals surface area (Å²) in [5, 5.41) is 5.62. The second-order valence-corrected chi connectivity index (χ2v) is 9.79. The van der Waals surface area contributed by atoms with Crippen molar-refractivity contribution in [3.8, 4) is 0 Å². The number of halogens is 2. The lowest BCUT2D eigenvalue weighted by molar-refractivity contribution is -0.121. The first-order chi connectivity index (χ1) is 16.6. The number of hydrogen-bond acceptors (Lipinski definition) is 8. The second-order valence-electron chi connectivity index (χ2n) is 7.02. The van der Waals surface area contributed by atoms with Crippen LogP contribution in [-0.2, 0) is 28.9 Å². The van der Waals surface area contributed by atoms with Crippen molar-refractivity contribution in [1.29, 1.82) is 0 Å². The van der Waals surface area contributed by atoms with Gasteiger partial charge in [0.25, 0.3) is 11.8 Å². The highest BCUT2D eigenvalue weighted by Gasteiger charge is 2.21.